The van der Waals surface area contributed by atoms with Crippen molar-refractivity contribution < 1.29 is 0 Å². The van der Waals surface area contributed by atoms with Crippen LogP contribution in [0, 0.1) is 11.3 Å². The summed E-state index contributed by atoms with van der Waals surface area (Å²) < 4.78 is 0. The van der Waals surface area contributed by atoms with Crippen LogP contribution in [-0.2, 0) is 0 Å². The smallest absolute Gasteiger partial charge is 0.00879 e. The summed E-state index contributed by atoms with van der Waals surface area (Å²) in [5.74, 6) is 1.04. The van der Waals surface area contributed by atoms with E-state index in [9.17, 15) is 0 Å². The van der Waals surface area contributed by atoms with E-state index < -0.39 is 0 Å². The number of hydrogen-bond acceptors (Lipinski definition) is 0. The molecular weight excluding hydrogens is 248 g/mol. The van der Waals surface area contributed by atoms with Gasteiger partial charge in [-0.25, -0.2) is 0 Å². The first-order chi connectivity index (χ1) is 7.26. The molecule has 90 valence electrons. The van der Waals surface area contributed by atoms with Crippen LogP contribution in [0.15, 0.2) is 0 Å². The lowest BCUT2D eigenvalue weighted by Crippen LogP contribution is -2.24. The summed E-state index contributed by atoms with van der Waals surface area (Å²) in [6.07, 6.45) is 13.0. The van der Waals surface area contributed by atoms with Crippen LogP contribution in [0.3, 0.4) is 0 Å². The largest absolute Gasteiger partial charge is 0.0922 e. The van der Waals surface area contributed by atoms with Gasteiger partial charge in [-0.2, -0.15) is 0 Å². The second-order valence-corrected chi connectivity index (χ2v) is 6.01. The second kappa shape index (κ2) is 6.93. The van der Waals surface area contributed by atoms with Crippen LogP contribution in [0.1, 0.15) is 71.6 Å². The van der Waals surface area contributed by atoms with Crippen LogP contribution in [0.5, 0.6) is 0 Å². The molecule has 1 heteroatoms. The van der Waals surface area contributed by atoms with Gasteiger partial charge in [0.25, 0.3) is 0 Å². The monoisotopic (exact) mass is 274 g/mol. The van der Waals surface area contributed by atoms with E-state index in [1.165, 1.54) is 63.1 Å². The van der Waals surface area contributed by atoms with Crippen molar-refractivity contribution >= 4 is 15.9 Å². The molecule has 0 heterocycles. The topological polar surface area (TPSA) is 0 Å². The second-order valence-electron chi connectivity index (χ2n) is 5.45. The van der Waals surface area contributed by atoms with Gasteiger partial charge in [0, 0.05) is 5.33 Å². The number of hydrogen-bond donors (Lipinski definition) is 0. The van der Waals surface area contributed by atoms with E-state index in [1.807, 2.05) is 0 Å². The quantitative estimate of drug-likeness (QED) is 0.534. The molecular formula is C14H27Br. The van der Waals surface area contributed by atoms with E-state index in [4.69, 9.17) is 0 Å². The summed E-state index contributed by atoms with van der Waals surface area (Å²) in [7, 11) is 0. The van der Waals surface area contributed by atoms with Crippen molar-refractivity contribution in [1.82, 2.24) is 0 Å². The van der Waals surface area contributed by atoms with Gasteiger partial charge in [-0.05, 0) is 30.6 Å². The maximum absolute atomic E-state index is 3.77. The highest BCUT2D eigenvalue weighted by molar-refractivity contribution is 9.09. The van der Waals surface area contributed by atoms with Crippen molar-refractivity contribution in [2.75, 3.05) is 5.33 Å². The molecule has 0 saturated heterocycles. The predicted molar refractivity (Wildman–Crippen MR) is 72.6 cm³/mol. The Morgan fingerprint density at radius 2 is 1.87 bits per heavy atom. The van der Waals surface area contributed by atoms with E-state index in [0.717, 1.165) is 5.92 Å². The molecule has 0 aromatic rings. The Kier molecular flexibility index (Phi) is 6.26. The standard InChI is InChI=1S/C14H27Br/c1-3-5-10-14(4-2,12-15)11-13-8-6-7-9-13/h13H,3-12H2,1-2H3. The summed E-state index contributed by atoms with van der Waals surface area (Å²) in [5.41, 5.74) is 0.616. The third kappa shape index (κ3) is 4.09. The molecule has 0 aliphatic heterocycles. The van der Waals surface area contributed by atoms with Crippen LogP contribution >= 0.6 is 15.9 Å². The minimum absolute atomic E-state index is 0.616. The highest BCUT2D eigenvalue weighted by Gasteiger charge is 2.30. The maximum atomic E-state index is 3.77. The van der Waals surface area contributed by atoms with Crippen molar-refractivity contribution in [2.24, 2.45) is 11.3 Å². The molecule has 1 rings (SSSR count). The van der Waals surface area contributed by atoms with Crippen molar-refractivity contribution in [3.63, 3.8) is 0 Å². The minimum Gasteiger partial charge on any atom is -0.0922 e. The molecule has 0 nitrogen and oxygen atoms in total. The first-order valence-corrected chi connectivity index (χ1v) is 7.94. The molecule has 15 heavy (non-hydrogen) atoms. The Labute approximate surface area is 104 Å². The third-order valence-electron chi connectivity index (χ3n) is 4.29. The lowest BCUT2D eigenvalue weighted by atomic mass is 9.75. The van der Waals surface area contributed by atoms with Gasteiger partial charge in [0.2, 0.25) is 0 Å². The van der Waals surface area contributed by atoms with Gasteiger partial charge in [-0.15, -0.1) is 0 Å². The zero-order valence-electron chi connectivity index (χ0n) is 10.5. The Morgan fingerprint density at radius 1 is 1.20 bits per heavy atom. The average molecular weight is 275 g/mol. The lowest BCUT2D eigenvalue weighted by Gasteiger charge is -2.33. The van der Waals surface area contributed by atoms with Crippen molar-refractivity contribution in [1.29, 1.82) is 0 Å². The van der Waals surface area contributed by atoms with Gasteiger partial charge in [0.15, 0.2) is 0 Å². The summed E-state index contributed by atoms with van der Waals surface area (Å²) in [6, 6.07) is 0. The molecule has 0 N–H and O–H groups in total. The van der Waals surface area contributed by atoms with Gasteiger partial charge in [-0.3, -0.25) is 0 Å². The Morgan fingerprint density at radius 3 is 2.33 bits per heavy atom. The van der Waals surface area contributed by atoms with Crippen LogP contribution < -0.4 is 0 Å². The molecule has 1 unspecified atom stereocenters. The molecule has 0 amide bonds. The van der Waals surface area contributed by atoms with E-state index in [1.54, 1.807) is 0 Å². The normalized spacial score (nSPS) is 21.8. The first-order valence-electron chi connectivity index (χ1n) is 6.82. The van der Waals surface area contributed by atoms with E-state index in [0.29, 0.717) is 5.41 Å². The van der Waals surface area contributed by atoms with Gasteiger partial charge in [0.05, 0.1) is 0 Å². The molecule has 1 atom stereocenters. The molecule has 1 saturated carbocycles. The number of rotatable bonds is 7. The Balaban J connectivity index is 2.45. The Hall–Kier alpha value is 0.480. The van der Waals surface area contributed by atoms with Crippen molar-refractivity contribution in [3.8, 4) is 0 Å². The SMILES string of the molecule is CCCCC(CC)(CBr)CC1CCCC1. The number of unbranched alkanes of at least 4 members (excludes halogenated alkanes) is 1. The van der Waals surface area contributed by atoms with Crippen LogP contribution in [0.25, 0.3) is 0 Å². The number of alkyl halides is 1. The molecule has 1 fully saturated rings. The van der Waals surface area contributed by atoms with Gasteiger partial charge >= 0.3 is 0 Å². The van der Waals surface area contributed by atoms with E-state index >= 15 is 0 Å². The molecule has 0 radical (unpaired) electrons. The van der Waals surface area contributed by atoms with Crippen molar-refractivity contribution in [3.05, 3.63) is 0 Å². The predicted octanol–water partition coefficient (Wildman–Crippen LogP) is 5.55. The van der Waals surface area contributed by atoms with E-state index in [-0.39, 0.29) is 0 Å². The fourth-order valence-corrected chi connectivity index (χ4v) is 3.92. The van der Waals surface area contributed by atoms with E-state index in [2.05, 4.69) is 29.8 Å². The maximum Gasteiger partial charge on any atom is 0.00879 e. The fraction of sp³-hybridized carbons (Fsp3) is 1.00. The molecule has 0 aromatic heterocycles. The first kappa shape index (κ1) is 13.5. The summed E-state index contributed by atoms with van der Waals surface area (Å²) in [5, 5.41) is 1.22. The van der Waals surface area contributed by atoms with Crippen LogP contribution in [0.4, 0.5) is 0 Å². The molecule has 0 spiro atoms. The van der Waals surface area contributed by atoms with Crippen LogP contribution in [-0.4, -0.2) is 5.33 Å². The lowest BCUT2D eigenvalue weighted by molar-refractivity contribution is 0.216. The minimum atomic E-state index is 0.616. The van der Waals surface area contributed by atoms with Gasteiger partial charge in [-0.1, -0.05) is 68.3 Å². The molecule has 0 bridgehead atoms. The molecule has 1 aliphatic rings. The summed E-state index contributed by atoms with van der Waals surface area (Å²) in [4.78, 5) is 0. The molecule has 0 aromatic carbocycles. The zero-order valence-corrected chi connectivity index (χ0v) is 12.1. The van der Waals surface area contributed by atoms with Gasteiger partial charge in [0.1, 0.15) is 0 Å². The number of halogens is 1. The zero-order chi connectivity index (χ0) is 11.1. The van der Waals surface area contributed by atoms with Gasteiger partial charge < -0.3 is 0 Å². The summed E-state index contributed by atoms with van der Waals surface area (Å²) >= 11 is 3.77. The van der Waals surface area contributed by atoms with Crippen molar-refractivity contribution in [2.45, 2.75) is 71.6 Å². The molecule has 1 aliphatic carbocycles. The Bertz CT molecular complexity index is 155. The third-order valence-corrected chi connectivity index (χ3v) is 5.48. The average Bonchev–Trinajstić information content (AvgIpc) is 2.77. The van der Waals surface area contributed by atoms with Crippen LogP contribution in [0.2, 0.25) is 0 Å². The fourth-order valence-electron chi connectivity index (χ4n) is 3.02. The highest BCUT2D eigenvalue weighted by Crippen LogP contribution is 2.42. The summed E-state index contributed by atoms with van der Waals surface area (Å²) in [6.45, 7) is 4.69. The highest BCUT2D eigenvalue weighted by atomic mass is 79.9.